The lowest BCUT2D eigenvalue weighted by molar-refractivity contribution is -0.154. The summed E-state index contributed by atoms with van der Waals surface area (Å²) in [5.74, 6) is -0.307. The molecule has 0 radical (unpaired) electrons. The standard InChI is InChI=1S/C13H22N2O3/c16-11(8-10-2-6-14-7-3-10)15-9-13(12(17)18)4-1-5-13/h10,14H,1-9H2,(H,15,16)(H,17,18). The lowest BCUT2D eigenvalue weighted by Crippen LogP contribution is -2.48. The SMILES string of the molecule is O=C(CC1CCNCC1)NCC1(C(=O)O)CCC1. The fraction of sp³-hybridized carbons (Fsp3) is 0.846. The molecule has 1 aliphatic heterocycles. The van der Waals surface area contributed by atoms with Gasteiger partial charge in [0.2, 0.25) is 5.91 Å². The molecule has 3 N–H and O–H groups in total. The highest BCUT2D eigenvalue weighted by molar-refractivity contribution is 5.79. The first-order valence-electron chi connectivity index (χ1n) is 6.83. The van der Waals surface area contributed by atoms with Gasteiger partial charge in [-0.3, -0.25) is 9.59 Å². The first kappa shape index (κ1) is 13.3. The van der Waals surface area contributed by atoms with Gasteiger partial charge in [-0.25, -0.2) is 0 Å². The van der Waals surface area contributed by atoms with Crippen LogP contribution in [0.5, 0.6) is 0 Å². The van der Waals surface area contributed by atoms with E-state index in [2.05, 4.69) is 10.6 Å². The molecule has 2 fully saturated rings. The lowest BCUT2D eigenvalue weighted by atomic mass is 9.69. The third kappa shape index (κ3) is 3.02. The molecule has 2 rings (SSSR count). The molecule has 0 atom stereocenters. The molecule has 0 bridgehead atoms. The first-order chi connectivity index (χ1) is 8.62. The van der Waals surface area contributed by atoms with Gasteiger partial charge in [-0.1, -0.05) is 6.42 Å². The van der Waals surface area contributed by atoms with Crippen LogP contribution in [0.2, 0.25) is 0 Å². The van der Waals surface area contributed by atoms with E-state index in [4.69, 9.17) is 5.11 Å². The van der Waals surface area contributed by atoms with Gasteiger partial charge in [0.1, 0.15) is 0 Å². The van der Waals surface area contributed by atoms with E-state index in [0.717, 1.165) is 32.4 Å². The van der Waals surface area contributed by atoms with Crippen molar-refractivity contribution < 1.29 is 14.7 Å². The topological polar surface area (TPSA) is 78.4 Å². The van der Waals surface area contributed by atoms with E-state index in [1.165, 1.54) is 0 Å². The highest BCUT2D eigenvalue weighted by Gasteiger charge is 2.44. The minimum atomic E-state index is -0.768. The average molecular weight is 254 g/mol. The summed E-state index contributed by atoms with van der Waals surface area (Å²) in [6.07, 6.45) is 4.95. The molecule has 5 heteroatoms. The van der Waals surface area contributed by atoms with Crippen LogP contribution in [0.3, 0.4) is 0 Å². The number of carbonyl (C=O) groups is 2. The van der Waals surface area contributed by atoms with E-state index in [0.29, 0.717) is 31.7 Å². The van der Waals surface area contributed by atoms with Gasteiger partial charge in [0.25, 0.3) is 0 Å². The van der Waals surface area contributed by atoms with Crippen molar-refractivity contribution in [3.63, 3.8) is 0 Å². The minimum Gasteiger partial charge on any atom is -0.481 e. The molecule has 0 aromatic rings. The van der Waals surface area contributed by atoms with Gasteiger partial charge in [-0.05, 0) is 44.7 Å². The molecule has 18 heavy (non-hydrogen) atoms. The van der Waals surface area contributed by atoms with Crippen LogP contribution in [0.25, 0.3) is 0 Å². The van der Waals surface area contributed by atoms with Crippen molar-refractivity contribution >= 4 is 11.9 Å². The largest absolute Gasteiger partial charge is 0.481 e. The van der Waals surface area contributed by atoms with Crippen molar-refractivity contribution in [2.75, 3.05) is 19.6 Å². The zero-order chi connectivity index (χ0) is 13.0. The summed E-state index contributed by atoms with van der Waals surface area (Å²) >= 11 is 0. The minimum absolute atomic E-state index is 0.00873. The van der Waals surface area contributed by atoms with Gasteiger partial charge >= 0.3 is 5.97 Å². The maximum Gasteiger partial charge on any atom is 0.311 e. The predicted octanol–water partition coefficient (Wildman–Crippen LogP) is 0.747. The summed E-state index contributed by atoms with van der Waals surface area (Å²) in [6.45, 7) is 2.26. The second kappa shape index (κ2) is 5.69. The number of aliphatic carboxylic acids is 1. The number of carboxylic acids is 1. The van der Waals surface area contributed by atoms with Crippen molar-refractivity contribution in [3.8, 4) is 0 Å². The Morgan fingerprint density at radius 1 is 1.28 bits per heavy atom. The zero-order valence-electron chi connectivity index (χ0n) is 10.7. The van der Waals surface area contributed by atoms with Crippen molar-refractivity contribution in [1.82, 2.24) is 10.6 Å². The zero-order valence-corrected chi connectivity index (χ0v) is 10.7. The number of hydrogen-bond acceptors (Lipinski definition) is 3. The van der Waals surface area contributed by atoms with Gasteiger partial charge in [0, 0.05) is 13.0 Å². The van der Waals surface area contributed by atoms with Crippen LogP contribution in [0, 0.1) is 11.3 Å². The second-order valence-corrected chi connectivity index (χ2v) is 5.61. The van der Waals surface area contributed by atoms with Crippen LogP contribution in [0.15, 0.2) is 0 Å². The average Bonchev–Trinajstić information content (AvgIpc) is 2.28. The number of carboxylic acid groups (broad SMARTS) is 1. The molecule has 0 spiro atoms. The molecule has 5 nitrogen and oxygen atoms in total. The smallest absolute Gasteiger partial charge is 0.311 e. The van der Waals surface area contributed by atoms with E-state index in [1.54, 1.807) is 0 Å². The van der Waals surface area contributed by atoms with Crippen molar-refractivity contribution in [1.29, 1.82) is 0 Å². The Morgan fingerprint density at radius 2 is 1.94 bits per heavy atom. The van der Waals surface area contributed by atoms with Crippen molar-refractivity contribution in [3.05, 3.63) is 0 Å². The fourth-order valence-electron chi connectivity index (χ4n) is 2.76. The Balaban J connectivity index is 1.72. The molecular formula is C13H22N2O3. The quantitative estimate of drug-likeness (QED) is 0.676. The van der Waals surface area contributed by atoms with Crippen LogP contribution in [-0.2, 0) is 9.59 Å². The summed E-state index contributed by atoms with van der Waals surface area (Å²) in [5, 5.41) is 15.2. The molecular weight excluding hydrogens is 232 g/mol. The van der Waals surface area contributed by atoms with Crippen molar-refractivity contribution in [2.24, 2.45) is 11.3 Å². The molecule has 1 amide bonds. The van der Waals surface area contributed by atoms with E-state index in [-0.39, 0.29) is 5.91 Å². The summed E-state index contributed by atoms with van der Waals surface area (Å²) in [6, 6.07) is 0. The normalized spacial score (nSPS) is 23.1. The van der Waals surface area contributed by atoms with Crippen LogP contribution < -0.4 is 10.6 Å². The monoisotopic (exact) mass is 254 g/mol. The van der Waals surface area contributed by atoms with Crippen molar-refractivity contribution in [2.45, 2.75) is 38.5 Å². The van der Waals surface area contributed by atoms with Gasteiger partial charge in [-0.15, -0.1) is 0 Å². The molecule has 1 heterocycles. The summed E-state index contributed by atoms with van der Waals surface area (Å²) in [5.41, 5.74) is -0.677. The lowest BCUT2D eigenvalue weighted by Gasteiger charge is -2.37. The molecule has 1 saturated heterocycles. The van der Waals surface area contributed by atoms with Crippen LogP contribution in [-0.4, -0.2) is 36.6 Å². The molecule has 102 valence electrons. The van der Waals surface area contributed by atoms with E-state index >= 15 is 0 Å². The van der Waals surface area contributed by atoms with Crippen LogP contribution in [0.4, 0.5) is 0 Å². The second-order valence-electron chi connectivity index (χ2n) is 5.61. The first-order valence-corrected chi connectivity index (χ1v) is 6.83. The Hall–Kier alpha value is -1.10. The van der Waals surface area contributed by atoms with Crippen LogP contribution >= 0.6 is 0 Å². The summed E-state index contributed by atoms with van der Waals surface area (Å²) in [7, 11) is 0. The summed E-state index contributed by atoms with van der Waals surface area (Å²) < 4.78 is 0. The fourth-order valence-corrected chi connectivity index (χ4v) is 2.76. The van der Waals surface area contributed by atoms with Crippen LogP contribution in [0.1, 0.15) is 38.5 Å². The predicted molar refractivity (Wildman–Crippen MR) is 67.1 cm³/mol. The molecule has 2 aliphatic rings. The Bertz CT molecular complexity index is 320. The number of amides is 1. The van der Waals surface area contributed by atoms with E-state index in [1.807, 2.05) is 0 Å². The third-order valence-electron chi connectivity index (χ3n) is 4.32. The Labute approximate surface area is 107 Å². The number of hydrogen-bond donors (Lipinski definition) is 3. The Morgan fingerprint density at radius 3 is 2.44 bits per heavy atom. The van der Waals surface area contributed by atoms with Gasteiger partial charge in [-0.2, -0.15) is 0 Å². The molecule has 0 aromatic carbocycles. The number of carbonyl (C=O) groups excluding carboxylic acids is 1. The molecule has 1 aliphatic carbocycles. The maximum absolute atomic E-state index is 11.8. The molecule has 1 saturated carbocycles. The molecule has 0 unspecified atom stereocenters. The van der Waals surface area contributed by atoms with E-state index in [9.17, 15) is 9.59 Å². The van der Waals surface area contributed by atoms with E-state index < -0.39 is 11.4 Å². The van der Waals surface area contributed by atoms with Gasteiger partial charge in [0.15, 0.2) is 0 Å². The number of piperidine rings is 1. The summed E-state index contributed by atoms with van der Waals surface area (Å²) in [4.78, 5) is 22.9. The highest BCUT2D eigenvalue weighted by atomic mass is 16.4. The number of nitrogens with one attached hydrogen (secondary N) is 2. The number of rotatable bonds is 5. The third-order valence-corrected chi connectivity index (χ3v) is 4.32. The van der Waals surface area contributed by atoms with Gasteiger partial charge in [0.05, 0.1) is 5.41 Å². The Kier molecular flexibility index (Phi) is 4.22. The van der Waals surface area contributed by atoms with Gasteiger partial charge < -0.3 is 15.7 Å². The highest BCUT2D eigenvalue weighted by Crippen LogP contribution is 2.40. The maximum atomic E-state index is 11.8. The molecule has 0 aromatic heterocycles.